The third-order valence-electron chi connectivity index (χ3n) is 2.03. The van der Waals surface area contributed by atoms with Gasteiger partial charge < -0.3 is 4.98 Å². The summed E-state index contributed by atoms with van der Waals surface area (Å²) in [5.74, 6) is -0.766. The Morgan fingerprint density at radius 1 is 1.40 bits per heavy atom. The number of halogens is 1. The van der Waals surface area contributed by atoms with Crippen molar-refractivity contribution in [2.24, 2.45) is 0 Å². The zero-order valence-corrected chi connectivity index (χ0v) is 7.36. The van der Waals surface area contributed by atoms with E-state index in [0.717, 1.165) is 12.3 Å². The molecule has 6 heteroatoms. The predicted molar refractivity (Wildman–Crippen MR) is 51.2 cm³/mol. The van der Waals surface area contributed by atoms with E-state index in [4.69, 9.17) is 0 Å². The molecule has 0 spiro atoms. The summed E-state index contributed by atoms with van der Waals surface area (Å²) in [6.45, 7) is 0. The number of nitrogens with one attached hydrogen (secondary N) is 1. The van der Waals surface area contributed by atoms with Gasteiger partial charge in [-0.1, -0.05) is 6.07 Å². The number of pyridine rings is 1. The van der Waals surface area contributed by atoms with Crippen molar-refractivity contribution in [1.29, 1.82) is 0 Å². The van der Waals surface area contributed by atoms with Gasteiger partial charge in [-0.3, -0.25) is 14.9 Å². The Bertz CT molecular complexity index is 606. The number of aromatic nitrogens is 1. The van der Waals surface area contributed by atoms with Crippen LogP contribution in [0.15, 0.2) is 29.2 Å². The van der Waals surface area contributed by atoms with Crippen molar-refractivity contribution < 1.29 is 9.31 Å². The van der Waals surface area contributed by atoms with Gasteiger partial charge >= 0.3 is 5.69 Å². The maximum Gasteiger partial charge on any atom is 0.332 e. The first-order valence-electron chi connectivity index (χ1n) is 4.05. The fourth-order valence-electron chi connectivity index (χ4n) is 1.35. The van der Waals surface area contributed by atoms with E-state index >= 15 is 0 Å². The lowest BCUT2D eigenvalue weighted by molar-refractivity contribution is -0.386. The fourth-order valence-corrected chi connectivity index (χ4v) is 1.35. The van der Waals surface area contributed by atoms with Gasteiger partial charge in [-0.2, -0.15) is 0 Å². The van der Waals surface area contributed by atoms with Gasteiger partial charge in [0, 0.05) is 0 Å². The van der Waals surface area contributed by atoms with E-state index in [-0.39, 0.29) is 10.9 Å². The summed E-state index contributed by atoms with van der Waals surface area (Å²) < 4.78 is 13.2. The maximum absolute atomic E-state index is 13.2. The van der Waals surface area contributed by atoms with Crippen LogP contribution in [0.1, 0.15) is 0 Å². The molecule has 1 aromatic heterocycles. The highest BCUT2D eigenvalue weighted by atomic mass is 19.1. The molecule has 1 aromatic carbocycles. The average molecular weight is 208 g/mol. The number of rotatable bonds is 1. The molecule has 0 saturated heterocycles. The van der Waals surface area contributed by atoms with E-state index in [1.807, 2.05) is 0 Å². The molecular formula is C9H5FN2O3. The fraction of sp³-hybridized carbons (Fsp3) is 0. The van der Waals surface area contributed by atoms with Crippen LogP contribution >= 0.6 is 0 Å². The van der Waals surface area contributed by atoms with E-state index in [2.05, 4.69) is 4.98 Å². The molecule has 0 bridgehead atoms. The van der Waals surface area contributed by atoms with Crippen LogP contribution < -0.4 is 5.43 Å². The van der Waals surface area contributed by atoms with Crippen LogP contribution in [-0.2, 0) is 0 Å². The van der Waals surface area contributed by atoms with Crippen LogP contribution in [0.4, 0.5) is 10.1 Å². The smallest absolute Gasteiger partial charge is 0.332 e. The number of nitro groups is 1. The van der Waals surface area contributed by atoms with Gasteiger partial charge in [0.1, 0.15) is 5.82 Å². The topological polar surface area (TPSA) is 76.0 Å². The molecule has 0 radical (unpaired) electrons. The molecule has 0 saturated carbocycles. The number of hydrogen-bond donors (Lipinski definition) is 1. The van der Waals surface area contributed by atoms with Gasteiger partial charge in [0.05, 0.1) is 22.0 Å². The van der Waals surface area contributed by atoms with Gasteiger partial charge in [-0.05, 0) is 12.1 Å². The van der Waals surface area contributed by atoms with Gasteiger partial charge in [-0.15, -0.1) is 0 Å². The van der Waals surface area contributed by atoms with Gasteiger partial charge in [-0.25, -0.2) is 4.39 Å². The van der Waals surface area contributed by atoms with E-state index in [9.17, 15) is 19.3 Å². The van der Waals surface area contributed by atoms with Gasteiger partial charge in [0.2, 0.25) is 0 Å². The molecule has 0 unspecified atom stereocenters. The third kappa shape index (κ3) is 1.35. The molecule has 1 heterocycles. The van der Waals surface area contributed by atoms with E-state index in [1.165, 1.54) is 12.1 Å². The Morgan fingerprint density at radius 3 is 2.80 bits per heavy atom. The maximum atomic E-state index is 13.2. The first-order chi connectivity index (χ1) is 7.11. The molecule has 0 amide bonds. The molecule has 0 aliphatic rings. The molecule has 0 fully saturated rings. The van der Waals surface area contributed by atoms with Crippen LogP contribution in [0.3, 0.4) is 0 Å². The summed E-state index contributed by atoms with van der Waals surface area (Å²) in [7, 11) is 0. The second-order valence-electron chi connectivity index (χ2n) is 2.92. The second-order valence-corrected chi connectivity index (χ2v) is 2.92. The monoisotopic (exact) mass is 208 g/mol. The zero-order valence-electron chi connectivity index (χ0n) is 7.36. The molecule has 2 aromatic rings. The minimum Gasteiger partial charge on any atom is -0.355 e. The second kappa shape index (κ2) is 3.16. The molecule has 5 nitrogen and oxygen atoms in total. The lowest BCUT2D eigenvalue weighted by Crippen LogP contribution is -2.10. The number of aromatic amines is 1. The minimum absolute atomic E-state index is 0.241. The molecule has 76 valence electrons. The van der Waals surface area contributed by atoms with Gasteiger partial charge in [0.25, 0.3) is 5.43 Å². The third-order valence-corrected chi connectivity index (χ3v) is 2.03. The number of fused-ring (bicyclic) bond motifs is 1. The standard InChI is InChI=1S/C9H5FN2O3/c10-5-2-1-3-6-8(5)9(13)7(4-11-6)12(14)15/h1-4H,(H,11,13). The summed E-state index contributed by atoms with van der Waals surface area (Å²) in [6.07, 6.45) is 0.962. The first kappa shape index (κ1) is 9.32. The number of nitrogens with zero attached hydrogens (tertiary/aromatic N) is 1. The van der Waals surface area contributed by atoms with Crippen LogP contribution in [0.5, 0.6) is 0 Å². The summed E-state index contributed by atoms with van der Waals surface area (Å²) in [6, 6.07) is 3.98. The van der Waals surface area contributed by atoms with Crippen molar-refractivity contribution in [3.63, 3.8) is 0 Å². The quantitative estimate of drug-likeness (QED) is 0.570. The zero-order chi connectivity index (χ0) is 11.0. The highest BCUT2D eigenvalue weighted by Gasteiger charge is 2.16. The molecule has 15 heavy (non-hydrogen) atoms. The summed E-state index contributed by atoms with van der Waals surface area (Å²) >= 11 is 0. The lowest BCUT2D eigenvalue weighted by Gasteiger charge is -1.98. The van der Waals surface area contributed by atoms with E-state index < -0.39 is 21.9 Å². The summed E-state index contributed by atoms with van der Waals surface area (Å²) in [5, 5.41) is 10.2. The van der Waals surface area contributed by atoms with Crippen LogP contribution in [-0.4, -0.2) is 9.91 Å². The molecule has 0 aliphatic heterocycles. The number of hydrogen-bond acceptors (Lipinski definition) is 3. The molecule has 2 rings (SSSR count). The van der Waals surface area contributed by atoms with Crippen LogP contribution in [0.2, 0.25) is 0 Å². The van der Waals surface area contributed by atoms with E-state index in [1.54, 1.807) is 0 Å². The SMILES string of the molecule is O=c1c([N+](=O)[O-])c[nH]c2cccc(F)c12. The average Bonchev–Trinajstić information content (AvgIpc) is 2.17. The highest BCUT2D eigenvalue weighted by molar-refractivity contribution is 5.80. The Morgan fingerprint density at radius 2 is 2.13 bits per heavy atom. The van der Waals surface area contributed by atoms with E-state index in [0.29, 0.717) is 0 Å². The molecule has 1 N–H and O–H groups in total. The Hall–Kier alpha value is -2.24. The molecular weight excluding hydrogens is 203 g/mol. The van der Waals surface area contributed by atoms with Crippen molar-refractivity contribution in [3.05, 3.63) is 50.6 Å². The number of H-pyrrole nitrogens is 1. The Kier molecular flexibility index (Phi) is 1.96. The van der Waals surface area contributed by atoms with Crippen molar-refractivity contribution in [3.8, 4) is 0 Å². The highest BCUT2D eigenvalue weighted by Crippen LogP contribution is 2.14. The normalized spacial score (nSPS) is 10.5. The van der Waals surface area contributed by atoms with Crippen LogP contribution in [0, 0.1) is 15.9 Å². The Labute approximate surface area is 82.3 Å². The van der Waals surface area contributed by atoms with Crippen LogP contribution in [0.25, 0.3) is 10.9 Å². The van der Waals surface area contributed by atoms with Crippen molar-refractivity contribution in [2.75, 3.05) is 0 Å². The van der Waals surface area contributed by atoms with Gasteiger partial charge in [0.15, 0.2) is 0 Å². The molecule has 0 atom stereocenters. The van der Waals surface area contributed by atoms with Crippen molar-refractivity contribution >= 4 is 16.6 Å². The van der Waals surface area contributed by atoms with Crippen molar-refractivity contribution in [2.45, 2.75) is 0 Å². The molecule has 0 aliphatic carbocycles. The number of benzene rings is 1. The van der Waals surface area contributed by atoms with Crippen molar-refractivity contribution in [1.82, 2.24) is 4.98 Å². The lowest BCUT2D eigenvalue weighted by atomic mass is 10.2. The first-order valence-corrected chi connectivity index (χ1v) is 4.05. The summed E-state index contributed by atoms with van der Waals surface area (Å²) in [4.78, 5) is 23.6. The summed E-state index contributed by atoms with van der Waals surface area (Å²) in [5.41, 5.74) is -1.33. The predicted octanol–water partition coefficient (Wildman–Crippen LogP) is 1.58. The Balaban J connectivity index is 2.96. The minimum atomic E-state index is -0.910. The largest absolute Gasteiger partial charge is 0.355 e.